The lowest BCUT2D eigenvalue weighted by molar-refractivity contribution is -0.120. The first-order valence-electron chi connectivity index (χ1n) is 9.53. The lowest BCUT2D eigenvalue weighted by Crippen LogP contribution is -2.28. The van der Waals surface area contributed by atoms with E-state index in [1.54, 1.807) is 0 Å². The van der Waals surface area contributed by atoms with Gasteiger partial charge >= 0.3 is 5.69 Å². The van der Waals surface area contributed by atoms with E-state index >= 15 is 0 Å². The number of aryl methyl sites for hydroxylation is 1. The third-order valence-electron chi connectivity index (χ3n) is 4.18. The van der Waals surface area contributed by atoms with Crippen LogP contribution >= 0.6 is 0 Å². The lowest BCUT2D eigenvalue weighted by atomic mass is 10.1. The van der Waals surface area contributed by atoms with Crippen molar-refractivity contribution in [3.8, 4) is 5.75 Å². The molecule has 0 saturated heterocycles. The largest absolute Gasteiger partial charge is 0.488 e. The van der Waals surface area contributed by atoms with Gasteiger partial charge in [0, 0.05) is 18.5 Å². The van der Waals surface area contributed by atoms with Crippen molar-refractivity contribution in [2.24, 2.45) is 5.10 Å². The van der Waals surface area contributed by atoms with Crippen LogP contribution in [0, 0.1) is 6.92 Å². The van der Waals surface area contributed by atoms with Gasteiger partial charge in [0.15, 0.2) is 0 Å². The van der Waals surface area contributed by atoms with Crippen LogP contribution in [0.2, 0.25) is 0 Å². The fourth-order valence-electron chi connectivity index (χ4n) is 2.56. The zero-order valence-electron chi connectivity index (χ0n) is 16.8. The van der Waals surface area contributed by atoms with Crippen LogP contribution in [-0.2, 0) is 11.4 Å². The second kappa shape index (κ2) is 10.5. The van der Waals surface area contributed by atoms with Crippen LogP contribution in [-0.4, -0.2) is 33.8 Å². The summed E-state index contributed by atoms with van der Waals surface area (Å²) in [5.41, 5.74) is 4.01. The molecule has 3 aromatic rings. The van der Waals surface area contributed by atoms with Crippen molar-refractivity contribution in [1.82, 2.24) is 20.6 Å². The highest BCUT2D eigenvalue weighted by molar-refractivity contribution is 5.85. The van der Waals surface area contributed by atoms with Gasteiger partial charge in [0.25, 0.3) is 5.56 Å². The number of nitrogens with zero attached hydrogens (tertiary/aromatic N) is 2. The molecule has 0 aliphatic rings. The molecule has 4 N–H and O–H groups in total. The Morgan fingerprint density at radius 3 is 2.71 bits per heavy atom. The number of nitrogens with one attached hydrogen (secondary N) is 4. The average molecular weight is 422 g/mol. The summed E-state index contributed by atoms with van der Waals surface area (Å²) in [7, 11) is 0. The predicted octanol–water partition coefficient (Wildman–Crippen LogP) is 1.30. The maximum atomic E-state index is 11.9. The molecule has 3 rings (SSSR count). The molecule has 0 aliphatic heterocycles. The summed E-state index contributed by atoms with van der Waals surface area (Å²) in [4.78, 5) is 36.4. The lowest BCUT2D eigenvalue weighted by Gasteiger charge is -2.09. The van der Waals surface area contributed by atoms with E-state index in [0.29, 0.717) is 12.4 Å². The molecule has 1 aromatic heterocycles. The van der Waals surface area contributed by atoms with Crippen molar-refractivity contribution in [2.45, 2.75) is 20.0 Å². The molecule has 10 nitrogen and oxygen atoms in total. The molecule has 160 valence electrons. The molecular weight excluding hydrogens is 400 g/mol. The minimum atomic E-state index is -0.703. The summed E-state index contributed by atoms with van der Waals surface area (Å²) in [6, 6.07) is 15.4. The van der Waals surface area contributed by atoms with Crippen LogP contribution in [0.5, 0.6) is 5.75 Å². The molecule has 10 heteroatoms. The fraction of sp³-hybridized carbons (Fsp3) is 0.190. The van der Waals surface area contributed by atoms with Gasteiger partial charge in [0.2, 0.25) is 11.7 Å². The third kappa shape index (κ3) is 6.67. The number of benzene rings is 2. The molecule has 1 amide bonds. The second-order valence-corrected chi connectivity index (χ2v) is 6.64. The van der Waals surface area contributed by atoms with Gasteiger partial charge in [-0.25, -0.2) is 15.3 Å². The van der Waals surface area contributed by atoms with Crippen molar-refractivity contribution in [3.05, 3.63) is 86.1 Å². The van der Waals surface area contributed by atoms with Gasteiger partial charge < -0.3 is 10.1 Å². The Morgan fingerprint density at radius 1 is 1.16 bits per heavy atom. The summed E-state index contributed by atoms with van der Waals surface area (Å²) < 4.78 is 5.88. The van der Waals surface area contributed by atoms with Crippen LogP contribution in [0.15, 0.2) is 63.2 Å². The standard InChI is InChI=1S/C21H22N6O4/c1-14-6-8-15(9-7-14)13-31-17-5-3-2-4-16(17)12-23-25-18(28)10-11-22-19-20(29)24-21(30)27-26-19/h2-9,12H,10-11,13H2,1H3,(H,22,26)(H,25,28)(H2,24,27,29,30)/b23-12+. The van der Waals surface area contributed by atoms with E-state index in [1.807, 2.05) is 60.4 Å². The first-order chi connectivity index (χ1) is 15.0. The van der Waals surface area contributed by atoms with E-state index in [4.69, 9.17) is 4.74 Å². The van der Waals surface area contributed by atoms with E-state index in [0.717, 1.165) is 11.1 Å². The number of carbonyl (C=O) groups is 1. The molecule has 0 fully saturated rings. The van der Waals surface area contributed by atoms with E-state index in [2.05, 4.69) is 26.0 Å². The minimum absolute atomic E-state index is 0.0448. The number of aromatic amines is 2. The Balaban J connectivity index is 1.48. The summed E-state index contributed by atoms with van der Waals surface area (Å²) >= 11 is 0. The summed E-state index contributed by atoms with van der Waals surface area (Å²) in [6.07, 6.45) is 1.55. The number of aromatic nitrogens is 3. The van der Waals surface area contributed by atoms with E-state index in [1.165, 1.54) is 11.8 Å². The van der Waals surface area contributed by atoms with Crippen LogP contribution in [0.3, 0.4) is 0 Å². The van der Waals surface area contributed by atoms with Crippen LogP contribution in [0.25, 0.3) is 0 Å². The van der Waals surface area contributed by atoms with E-state index in [9.17, 15) is 14.4 Å². The number of hydrazone groups is 1. The molecule has 1 heterocycles. The Morgan fingerprint density at radius 2 is 1.94 bits per heavy atom. The van der Waals surface area contributed by atoms with Crippen molar-refractivity contribution in [2.75, 3.05) is 11.9 Å². The zero-order chi connectivity index (χ0) is 22.1. The topological polar surface area (TPSA) is 141 Å². The third-order valence-corrected chi connectivity index (χ3v) is 4.18. The van der Waals surface area contributed by atoms with Crippen LogP contribution in [0.1, 0.15) is 23.1 Å². The van der Waals surface area contributed by atoms with Crippen molar-refractivity contribution in [3.63, 3.8) is 0 Å². The second-order valence-electron chi connectivity index (χ2n) is 6.64. The zero-order valence-corrected chi connectivity index (χ0v) is 16.8. The number of hydrogen-bond acceptors (Lipinski definition) is 7. The number of rotatable bonds is 9. The molecule has 2 aromatic carbocycles. The van der Waals surface area contributed by atoms with Crippen molar-refractivity contribution >= 4 is 17.9 Å². The molecule has 0 unspecified atom stereocenters. The van der Waals surface area contributed by atoms with Crippen molar-refractivity contribution < 1.29 is 9.53 Å². The smallest absolute Gasteiger partial charge is 0.342 e. The monoisotopic (exact) mass is 422 g/mol. The van der Waals surface area contributed by atoms with Crippen molar-refractivity contribution in [1.29, 1.82) is 0 Å². The molecule has 0 radical (unpaired) electrons. The van der Waals surface area contributed by atoms with Gasteiger partial charge in [0.1, 0.15) is 12.4 Å². The summed E-state index contributed by atoms with van der Waals surface area (Å²) in [6.45, 7) is 2.59. The summed E-state index contributed by atoms with van der Waals surface area (Å²) in [5, 5.41) is 12.3. The number of para-hydroxylation sites is 1. The highest BCUT2D eigenvalue weighted by Gasteiger charge is 2.05. The number of anilines is 1. The first kappa shape index (κ1) is 21.5. The SMILES string of the molecule is Cc1ccc(COc2ccccc2/C=N/NC(=O)CCNc2n[nH]c(=O)[nH]c2=O)cc1. The highest BCUT2D eigenvalue weighted by Crippen LogP contribution is 2.17. The molecule has 0 atom stereocenters. The number of hydrogen-bond donors (Lipinski definition) is 4. The molecule has 0 aliphatic carbocycles. The maximum absolute atomic E-state index is 11.9. The van der Waals surface area contributed by atoms with Gasteiger partial charge in [-0.05, 0) is 24.6 Å². The minimum Gasteiger partial charge on any atom is -0.488 e. The molecule has 0 saturated carbocycles. The Hall–Kier alpha value is -4.21. The van der Waals surface area contributed by atoms with E-state index < -0.39 is 11.2 Å². The van der Waals surface area contributed by atoms with Gasteiger partial charge in [0.05, 0.1) is 6.21 Å². The molecular formula is C21H22N6O4. The van der Waals surface area contributed by atoms with E-state index in [-0.39, 0.29) is 24.7 Å². The molecule has 0 spiro atoms. The Kier molecular flexibility index (Phi) is 7.30. The number of ether oxygens (including phenoxy) is 1. The number of amides is 1. The van der Waals surface area contributed by atoms with Gasteiger partial charge in [-0.3, -0.25) is 14.6 Å². The number of carbonyl (C=O) groups excluding carboxylic acids is 1. The predicted molar refractivity (Wildman–Crippen MR) is 116 cm³/mol. The number of H-pyrrole nitrogens is 2. The Labute approximate surface area is 177 Å². The van der Waals surface area contributed by atoms with Gasteiger partial charge in [-0.15, -0.1) is 5.10 Å². The van der Waals surface area contributed by atoms with Crippen LogP contribution in [0.4, 0.5) is 5.82 Å². The normalized spacial score (nSPS) is 10.7. The Bertz CT molecular complexity index is 1170. The van der Waals surface area contributed by atoms with Crippen LogP contribution < -0.4 is 26.7 Å². The molecule has 31 heavy (non-hydrogen) atoms. The highest BCUT2D eigenvalue weighted by atomic mass is 16.5. The fourth-order valence-corrected chi connectivity index (χ4v) is 2.56. The maximum Gasteiger partial charge on any atom is 0.342 e. The van der Waals surface area contributed by atoms with Gasteiger partial charge in [-0.1, -0.05) is 42.0 Å². The quantitative estimate of drug-likeness (QED) is 0.303. The summed E-state index contributed by atoms with van der Waals surface area (Å²) in [5.74, 6) is 0.212. The molecule has 0 bridgehead atoms. The first-order valence-corrected chi connectivity index (χ1v) is 9.53. The average Bonchev–Trinajstić information content (AvgIpc) is 2.76. The van der Waals surface area contributed by atoms with Gasteiger partial charge in [-0.2, -0.15) is 5.10 Å².